The maximum absolute atomic E-state index is 9.63. The van der Waals surface area contributed by atoms with Gasteiger partial charge in [0.25, 0.3) is 5.88 Å². The summed E-state index contributed by atoms with van der Waals surface area (Å²) in [6, 6.07) is 8.44. The number of nitriles is 1. The minimum atomic E-state index is -0.275. The number of hydrogen-bond acceptors (Lipinski definition) is 13. The first-order chi connectivity index (χ1) is 22.6. The Hall–Kier alpha value is -4.65. The molecule has 0 bridgehead atoms. The predicted molar refractivity (Wildman–Crippen MR) is 166 cm³/mol. The van der Waals surface area contributed by atoms with Crippen LogP contribution in [0.25, 0.3) is 11.1 Å². The molecule has 0 amide bonds. The second-order valence-corrected chi connectivity index (χ2v) is 11.6. The summed E-state index contributed by atoms with van der Waals surface area (Å²) >= 11 is 0. The van der Waals surface area contributed by atoms with Crippen LogP contribution in [0.3, 0.4) is 0 Å². The third-order valence-electron chi connectivity index (χ3n) is 8.34. The van der Waals surface area contributed by atoms with Crippen molar-refractivity contribution >= 4 is 11.6 Å². The Morgan fingerprint density at radius 2 is 1.89 bits per heavy atom. The molecule has 1 atom stereocenters. The van der Waals surface area contributed by atoms with E-state index in [9.17, 15) is 10.4 Å². The Morgan fingerprint density at radius 3 is 2.61 bits per heavy atom. The van der Waals surface area contributed by atoms with Crippen LogP contribution < -0.4 is 14.8 Å². The number of rotatable bonds is 13. The highest BCUT2D eigenvalue weighted by atomic mass is 16.5. The molecule has 2 aliphatic rings. The molecule has 2 N–H and O–H groups in total. The summed E-state index contributed by atoms with van der Waals surface area (Å²) in [5.41, 5.74) is 2.67. The number of aliphatic hydroxyl groups excluding tert-OH is 1. The van der Waals surface area contributed by atoms with Gasteiger partial charge in [-0.1, -0.05) is 6.07 Å². The number of hydrogen-bond donors (Lipinski definition) is 2. The van der Waals surface area contributed by atoms with E-state index in [-0.39, 0.29) is 18.8 Å². The summed E-state index contributed by atoms with van der Waals surface area (Å²) in [6.45, 7) is 6.37. The van der Waals surface area contributed by atoms with Crippen molar-refractivity contribution in [2.45, 2.75) is 63.8 Å². The number of nitrogens with zero attached hydrogens (tertiary/aromatic N) is 10. The highest BCUT2D eigenvalue weighted by Crippen LogP contribution is 2.35. The fraction of sp³-hybridized carbons (Fsp3) is 0.516. The topological polar surface area (TPSA) is 174 Å². The van der Waals surface area contributed by atoms with Crippen LogP contribution in [0.1, 0.15) is 50.6 Å². The van der Waals surface area contributed by atoms with E-state index in [4.69, 9.17) is 19.3 Å². The van der Waals surface area contributed by atoms with Gasteiger partial charge >= 0.3 is 0 Å². The molecule has 15 heteroatoms. The van der Waals surface area contributed by atoms with E-state index in [0.717, 1.165) is 63.1 Å². The van der Waals surface area contributed by atoms with Crippen molar-refractivity contribution in [2.75, 3.05) is 44.8 Å². The lowest BCUT2D eigenvalue weighted by Gasteiger charge is -2.38. The van der Waals surface area contributed by atoms with Crippen LogP contribution in [0.15, 0.2) is 43.1 Å². The molecule has 1 aliphatic heterocycles. The Kier molecular flexibility index (Phi) is 10.3. The zero-order valence-corrected chi connectivity index (χ0v) is 25.9. The van der Waals surface area contributed by atoms with E-state index in [1.54, 1.807) is 23.1 Å². The van der Waals surface area contributed by atoms with Crippen LogP contribution in [-0.4, -0.2) is 102 Å². The average Bonchev–Trinajstić information content (AvgIpc) is 3.75. The molecule has 2 fully saturated rings. The minimum Gasteiger partial charge on any atom is -0.487 e. The first-order valence-corrected chi connectivity index (χ1v) is 15.7. The Balaban J connectivity index is 1.13. The van der Waals surface area contributed by atoms with Crippen LogP contribution >= 0.6 is 0 Å². The molecule has 1 unspecified atom stereocenters. The van der Waals surface area contributed by atoms with Gasteiger partial charge in [-0.2, -0.15) is 5.26 Å². The van der Waals surface area contributed by atoms with Gasteiger partial charge in [0.15, 0.2) is 0 Å². The number of tetrazole rings is 1. The van der Waals surface area contributed by atoms with Crippen molar-refractivity contribution in [3.8, 4) is 28.8 Å². The summed E-state index contributed by atoms with van der Waals surface area (Å²) in [4.78, 5) is 11.7. The average molecular weight is 630 g/mol. The standard InChI is InChI=1S/C31H39N11O4/c1-22(19-41-21-35-38-39-41)46-29-15-23(3-4-24(29)16-32)25-17-33-31(34-18-25)36-28-20-42(37-30(28)45-12-2-11-43)27-7-5-26(6-8-27)40-9-13-44-14-10-40/h3-4,15,17-18,20-22,26-27,43H,2,5-14,19H2,1H3,(H,33,34,36). The van der Waals surface area contributed by atoms with E-state index in [1.807, 2.05) is 29.9 Å². The van der Waals surface area contributed by atoms with Crippen LogP contribution in [0, 0.1) is 11.3 Å². The second kappa shape index (κ2) is 15.1. The van der Waals surface area contributed by atoms with Crippen molar-refractivity contribution in [2.24, 2.45) is 0 Å². The number of morpholine rings is 1. The van der Waals surface area contributed by atoms with Crippen molar-refractivity contribution in [1.82, 2.24) is 44.9 Å². The second-order valence-electron chi connectivity index (χ2n) is 11.6. The summed E-state index contributed by atoms with van der Waals surface area (Å²) in [5.74, 6) is 1.31. The van der Waals surface area contributed by atoms with Gasteiger partial charge in [-0.05, 0) is 60.7 Å². The quantitative estimate of drug-likeness (QED) is 0.207. The molecule has 1 saturated carbocycles. The Morgan fingerprint density at radius 1 is 1.11 bits per heavy atom. The van der Waals surface area contributed by atoms with E-state index < -0.39 is 0 Å². The van der Waals surface area contributed by atoms with Crippen molar-refractivity contribution in [1.29, 1.82) is 5.26 Å². The molecule has 0 radical (unpaired) electrons. The fourth-order valence-electron chi connectivity index (χ4n) is 5.95. The zero-order valence-electron chi connectivity index (χ0n) is 25.9. The number of ether oxygens (including phenoxy) is 3. The van der Waals surface area contributed by atoms with E-state index in [2.05, 4.69) is 41.8 Å². The molecule has 15 nitrogen and oxygen atoms in total. The van der Waals surface area contributed by atoms with Gasteiger partial charge in [0.1, 0.15) is 29.9 Å². The van der Waals surface area contributed by atoms with Crippen LogP contribution in [0.5, 0.6) is 11.6 Å². The molecule has 1 aliphatic carbocycles. The van der Waals surface area contributed by atoms with Crippen LogP contribution in [-0.2, 0) is 11.3 Å². The molecular formula is C31H39N11O4. The summed E-state index contributed by atoms with van der Waals surface area (Å²) < 4.78 is 21.1. The fourth-order valence-corrected chi connectivity index (χ4v) is 5.95. The number of nitrogens with one attached hydrogen (secondary N) is 1. The summed E-state index contributed by atoms with van der Waals surface area (Å²) in [6.07, 6.45) is 11.5. The van der Waals surface area contributed by atoms with Gasteiger partial charge < -0.3 is 24.6 Å². The molecule has 4 heterocycles. The van der Waals surface area contributed by atoms with Crippen molar-refractivity contribution in [3.05, 3.63) is 48.7 Å². The monoisotopic (exact) mass is 629 g/mol. The van der Waals surface area contributed by atoms with E-state index in [0.29, 0.717) is 54.4 Å². The van der Waals surface area contributed by atoms with Gasteiger partial charge in [0.2, 0.25) is 5.95 Å². The number of anilines is 2. The summed E-state index contributed by atoms with van der Waals surface area (Å²) in [5, 5.41) is 38.1. The first kappa shape index (κ1) is 31.3. The van der Waals surface area contributed by atoms with E-state index >= 15 is 0 Å². The highest BCUT2D eigenvalue weighted by Gasteiger charge is 2.29. The SMILES string of the molecule is CC(Cn1cnnn1)Oc1cc(-c2cnc(Nc3cn(C4CCC(N5CCOCC5)CC4)nc3OCCCO)nc2)ccc1C#N. The molecule has 3 aromatic heterocycles. The zero-order chi connectivity index (χ0) is 31.7. The number of aromatic nitrogens is 8. The predicted octanol–water partition coefficient (Wildman–Crippen LogP) is 2.99. The first-order valence-electron chi connectivity index (χ1n) is 15.7. The number of benzene rings is 1. The maximum Gasteiger partial charge on any atom is 0.256 e. The van der Waals surface area contributed by atoms with Gasteiger partial charge in [-0.15, -0.1) is 10.2 Å². The highest BCUT2D eigenvalue weighted by molar-refractivity contribution is 5.67. The lowest BCUT2D eigenvalue weighted by molar-refractivity contribution is 0.00503. The van der Waals surface area contributed by atoms with Crippen LogP contribution in [0.2, 0.25) is 0 Å². The maximum atomic E-state index is 9.63. The lowest BCUT2D eigenvalue weighted by Crippen LogP contribution is -2.45. The van der Waals surface area contributed by atoms with Gasteiger partial charge in [0, 0.05) is 50.1 Å². The van der Waals surface area contributed by atoms with Crippen molar-refractivity contribution < 1.29 is 19.3 Å². The van der Waals surface area contributed by atoms with E-state index in [1.165, 1.54) is 6.33 Å². The minimum absolute atomic E-state index is 0.0416. The third kappa shape index (κ3) is 7.76. The van der Waals surface area contributed by atoms with Crippen LogP contribution in [0.4, 0.5) is 11.6 Å². The molecule has 242 valence electrons. The normalized spacial score (nSPS) is 19.3. The van der Waals surface area contributed by atoms with Gasteiger partial charge in [-0.3, -0.25) is 9.58 Å². The molecule has 1 aromatic carbocycles. The molecule has 46 heavy (non-hydrogen) atoms. The largest absolute Gasteiger partial charge is 0.487 e. The van der Waals surface area contributed by atoms with Gasteiger partial charge in [0.05, 0.1) is 44.2 Å². The molecule has 6 rings (SSSR count). The Bertz CT molecular complexity index is 1570. The number of aliphatic hydroxyl groups is 1. The molecule has 1 saturated heterocycles. The molecule has 0 spiro atoms. The van der Waals surface area contributed by atoms with Crippen molar-refractivity contribution in [3.63, 3.8) is 0 Å². The van der Waals surface area contributed by atoms with Gasteiger partial charge in [-0.25, -0.2) is 14.6 Å². The molecule has 4 aromatic rings. The molecular weight excluding hydrogens is 590 g/mol. The lowest BCUT2D eigenvalue weighted by atomic mass is 9.90. The third-order valence-corrected chi connectivity index (χ3v) is 8.34. The summed E-state index contributed by atoms with van der Waals surface area (Å²) in [7, 11) is 0. The smallest absolute Gasteiger partial charge is 0.256 e. The Labute approximate surface area is 267 Å².